The molecule has 0 aliphatic heterocycles. The van der Waals surface area contributed by atoms with Crippen molar-refractivity contribution in [2.75, 3.05) is 13.2 Å². The Kier molecular flexibility index (Phi) is 9.27. The average Bonchev–Trinajstić information content (AvgIpc) is 2.72. The van der Waals surface area contributed by atoms with E-state index < -0.39 is 11.8 Å². The lowest BCUT2D eigenvalue weighted by molar-refractivity contribution is -0.123. The van der Waals surface area contributed by atoms with Gasteiger partial charge in [0, 0.05) is 5.56 Å². The third-order valence-corrected chi connectivity index (χ3v) is 4.56. The summed E-state index contributed by atoms with van der Waals surface area (Å²) in [6.07, 6.45) is 0.928. The molecular weight excluding hydrogens is 414 g/mol. The van der Waals surface area contributed by atoms with E-state index in [0.29, 0.717) is 29.6 Å². The zero-order chi connectivity index (χ0) is 22.8. The Bertz CT molecular complexity index is 911. The van der Waals surface area contributed by atoms with Gasteiger partial charge in [0.25, 0.3) is 11.8 Å². The molecule has 0 spiro atoms. The van der Waals surface area contributed by atoms with Gasteiger partial charge < -0.3 is 9.47 Å². The van der Waals surface area contributed by atoms with Crippen LogP contribution in [-0.4, -0.2) is 30.1 Å². The molecule has 8 heteroatoms. The molecule has 0 unspecified atom stereocenters. The first-order valence-corrected chi connectivity index (χ1v) is 10.5. The van der Waals surface area contributed by atoms with Crippen LogP contribution in [-0.2, 0) is 4.79 Å². The van der Waals surface area contributed by atoms with E-state index >= 15 is 0 Å². The summed E-state index contributed by atoms with van der Waals surface area (Å²) >= 11 is 5.07. The van der Waals surface area contributed by atoms with Gasteiger partial charge in [-0.15, -0.1) is 0 Å². The molecule has 0 aliphatic rings. The van der Waals surface area contributed by atoms with Crippen molar-refractivity contribution in [3.63, 3.8) is 0 Å². The minimum Gasteiger partial charge on any atom is -0.494 e. The predicted molar refractivity (Wildman–Crippen MR) is 124 cm³/mol. The Morgan fingerprint density at radius 1 is 1.00 bits per heavy atom. The number of rotatable bonds is 8. The van der Waals surface area contributed by atoms with E-state index in [9.17, 15) is 9.59 Å². The summed E-state index contributed by atoms with van der Waals surface area (Å²) < 4.78 is 11.2. The van der Waals surface area contributed by atoms with Gasteiger partial charge in [-0.3, -0.25) is 25.8 Å². The van der Waals surface area contributed by atoms with Crippen LogP contribution >= 0.6 is 12.2 Å². The van der Waals surface area contributed by atoms with Crippen molar-refractivity contribution in [1.82, 2.24) is 16.2 Å². The Morgan fingerprint density at radius 2 is 1.68 bits per heavy atom. The molecule has 0 radical (unpaired) electrons. The van der Waals surface area contributed by atoms with E-state index in [1.807, 2.05) is 32.0 Å². The number of hydrazine groups is 1. The lowest BCUT2D eigenvalue weighted by Gasteiger charge is -2.14. The summed E-state index contributed by atoms with van der Waals surface area (Å²) in [5, 5.41) is 2.48. The number of carbonyl (C=O) groups excluding carboxylic acids is 2. The zero-order valence-electron chi connectivity index (χ0n) is 18.3. The molecule has 0 bridgehead atoms. The molecule has 2 amide bonds. The van der Waals surface area contributed by atoms with E-state index in [1.54, 1.807) is 24.3 Å². The lowest BCUT2D eigenvalue weighted by atomic mass is 10.1. The second-order valence-electron chi connectivity index (χ2n) is 7.52. The third kappa shape index (κ3) is 8.25. The molecule has 7 nitrogen and oxygen atoms in total. The standard InChI is InChI=1S/C23H29N3O4S/c1-15(2)11-12-29-19-10-6-9-18(13-19)22(28)24-23(31)26-25-20(27)14-30-21-16(3)7-5-8-17(21)4/h5-10,13,15H,11-12,14H2,1-4H3,(H,25,27)(H2,24,26,28,31). The van der Waals surface area contributed by atoms with Gasteiger partial charge in [0.2, 0.25) is 0 Å². The summed E-state index contributed by atoms with van der Waals surface area (Å²) in [6, 6.07) is 12.6. The van der Waals surface area contributed by atoms with Crippen LogP contribution in [0.3, 0.4) is 0 Å². The molecule has 0 aromatic heterocycles. The fraction of sp³-hybridized carbons (Fsp3) is 0.348. The van der Waals surface area contributed by atoms with Gasteiger partial charge in [-0.25, -0.2) is 0 Å². The van der Waals surface area contributed by atoms with E-state index in [4.69, 9.17) is 21.7 Å². The minimum absolute atomic E-state index is 0.0310. The molecule has 166 valence electrons. The average molecular weight is 444 g/mol. The Labute approximate surface area is 188 Å². The van der Waals surface area contributed by atoms with Crippen LogP contribution < -0.4 is 25.6 Å². The number of aryl methyl sites for hydroxylation is 2. The Balaban J connectivity index is 1.77. The third-order valence-electron chi connectivity index (χ3n) is 4.36. The fourth-order valence-electron chi connectivity index (χ4n) is 2.67. The van der Waals surface area contributed by atoms with Gasteiger partial charge >= 0.3 is 0 Å². The first-order valence-electron chi connectivity index (χ1n) is 10.1. The van der Waals surface area contributed by atoms with E-state index in [-0.39, 0.29) is 11.7 Å². The molecule has 2 rings (SSSR count). The Hall–Kier alpha value is -3.13. The van der Waals surface area contributed by atoms with Crippen LogP contribution in [0.2, 0.25) is 0 Å². The number of para-hydroxylation sites is 1. The monoisotopic (exact) mass is 443 g/mol. The summed E-state index contributed by atoms with van der Waals surface area (Å²) in [6.45, 7) is 8.45. The highest BCUT2D eigenvalue weighted by Crippen LogP contribution is 2.22. The molecule has 0 fully saturated rings. The SMILES string of the molecule is Cc1cccc(C)c1OCC(=O)NNC(=S)NC(=O)c1cccc(OCCC(C)C)c1. The van der Waals surface area contributed by atoms with Crippen molar-refractivity contribution in [3.05, 3.63) is 59.2 Å². The van der Waals surface area contributed by atoms with Gasteiger partial charge in [0.05, 0.1) is 6.61 Å². The molecular formula is C23H29N3O4S. The van der Waals surface area contributed by atoms with Crippen molar-refractivity contribution < 1.29 is 19.1 Å². The largest absolute Gasteiger partial charge is 0.494 e. The number of hydrogen-bond donors (Lipinski definition) is 3. The second kappa shape index (κ2) is 11.9. The minimum atomic E-state index is -0.431. The number of hydrogen-bond acceptors (Lipinski definition) is 5. The maximum absolute atomic E-state index is 12.4. The van der Waals surface area contributed by atoms with Crippen LogP contribution in [0.25, 0.3) is 0 Å². The summed E-state index contributed by atoms with van der Waals surface area (Å²) in [5.41, 5.74) is 7.19. The van der Waals surface area contributed by atoms with Crippen LogP contribution in [0, 0.1) is 19.8 Å². The van der Waals surface area contributed by atoms with Gasteiger partial charge in [-0.1, -0.05) is 38.1 Å². The van der Waals surface area contributed by atoms with Crippen LogP contribution in [0.15, 0.2) is 42.5 Å². The number of nitrogens with one attached hydrogen (secondary N) is 3. The van der Waals surface area contributed by atoms with Gasteiger partial charge in [-0.05, 0) is 67.7 Å². The van der Waals surface area contributed by atoms with Crippen LogP contribution in [0.5, 0.6) is 11.5 Å². The number of thiocarbonyl (C=S) groups is 1. The molecule has 0 saturated carbocycles. The number of ether oxygens (including phenoxy) is 2. The maximum atomic E-state index is 12.4. The number of benzene rings is 2. The van der Waals surface area contributed by atoms with E-state index in [0.717, 1.165) is 17.5 Å². The number of carbonyl (C=O) groups is 2. The molecule has 2 aromatic carbocycles. The zero-order valence-corrected chi connectivity index (χ0v) is 19.1. The molecule has 31 heavy (non-hydrogen) atoms. The molecule has 3 N–H and O–H groups in total. The molecule has 2 aromatic rings. The number of amides is 2. The predicted octanol–water partition coefficient (Wildman–Crippen LogP) is 3.44. The molecule has 0 aliphatic carbocycles. The highest BCUT2D eigenvalue weighted by atomic mass is 32.1. The highest BCUT2D eigenvalue weighted by molar-refractivity contribution is 7.80. The summed E-state index contributed by atoms with van der Waals surface area (Å²) in [4.78, 5) is 24.4. The molecule has 0 atom stereocenters. The van der Waals surface area contributed by atoms with Crippen molar-refractivity contribution >= 4 is 29.1 Å². The van der Waals surface area contributed by atoms with Gasteiger partial charge in [0.15, 0.2) is 11.7 Å². The van der Waals surface area contributed by atoms with Crippen LogP contribution in [0.4, 0.5) is 0 Å². The summed E-state index contributed by atoms with van der Waals surface area (Å²) in [5.74, 6) is 0.983. The van der Waals surface area contributed by atoms with Crippen LogP contribution in [0.1, 0.15) is 41.8 Å². The first-order chi connectivity index (χ1) is 14.8. The normalized spacial score (nSPS) is 10.4. The molecule has 0 saturated heterocycles. The van der Waals surface area contributed by atoms with E-state index in [1.165, 1.54) is 0 Å². The van der Waals surface area contributed by atoms with Gasteiger partial charge in [-0.2, -0.15) is 0 Å². The molecule has 0 heterocycles. The Morgan fingerprint density at radius 3 is 2.35 bits per heavy atom. The first kappa shape index (κ1) is 24.1. The topological polar surface area (TPSA) is 88.7 Å². The maximum Gasteiger partial charge on any atom is 0.276 e. The van der Waals surface area contributed by atoms with E-state index in [2.05, 4.69) is 30.0 Å². The van der Waals surface area contributed by atoms with Crippen molar-refractivity contribution in [3.8, 4) is 11.5 Å². The quantitative estimate of drug-likeness (QED) is 0.428. The van der Waals surface area contributed by atoms with Crippen molar-refractivity contribution in [2.45, 2.75) is 34.1 Å². The fourth-order valence-corrected chi connectivity index (χ4v) is 2.82. The lowest BCUT2D eigenvalue weighted by Crippen LogP contribution is -2.49. The van der Waals surface area contributed by atoms with Crippen molar-refractivity contribution in [2.24, 2.45) is 5.92 Å². The van der Waals surface area contributed by atoms with Crippen molar-refractivity contribution in [1.29, 1.82) is 0 Å². The van der Waals surface area contributed by atoms with Gasteiger partial charge in [0.1, 0.15) is 11.5 Å². The second-order valence-corrected chi connectivity index (χ2v) is 7.93. The highest BCUT2D eigenvalue weighted by Gasteiger charge is 2.11. The smallest absolute Gasteiger partial charge is 0.276 e. The summed E-state index contributed by atoms with van der Waals surface area (Å²) in [7, 11) is 0.